The molecule has 4 N–H and O–H groups in total. The van der Waals surface area contributed by atoms with E-state index in [1.165, 1.54) is 12.1 Å². The first-order chi connectivity index (χ1) is 10.9. The van der Waals surface area contributed by atoms with Crippen molar-refractivity contribution in [2.75, 3.05) is 0 Å². The van der Waals surface area contributed by atoms with E-state index in [0.29, 0.717) is 0 Å². The number of halogens is 1. The number of benzene rings is 2. The summed E-state index contributed by atoms with van der Waals surface area (Å²) in [6.45, 7) is 0. The normalized spacial score (nSPS) is 12.6. The molecule has 23 heavy (non-hydrogen) atoms. The van der Waals surface area contributed by atoms with Crippen LogP contribution >= 0.6 is 15.9 Å². The summed E-state index contributed by atoms with van der Waals surface area (Å²) in [6.07, 6.45) is 0.194. The molecule has 1 amide bonds. The van der Waals surface area contributed by atoms with Crippen LogP contribution in [0.5, 0.6) is 0 Å². The third-order valence-electron chi connectivity index (χ3n) is 3.16. The fraction of sp³-hybridized carbons (Fsp3) is 0.133. The topological polar surface area (TPSA) is 101 Å². The Morgan fingerprint density at radius 2 is 1.70 bits per heavy atom. The van der Waals surface area contributed by atoms with Gasteiger partial charge >= 0.3 is 0 Å². The van der Waals surface area contributed by atoms with Crippen LogP contribution in [0.1, 0.15) is 5.56 Å². The number of sulfonamides is 1. The first-order valence-electron chi connectivity index (χ1n) is 6.74. The molecule has 0 saturated heterocycles. The minimum absolute atomic E-state index is 0.0728. The molecule has 0 aliphatic carbocycles. The van der Waals surface area contributed by atoms with Crippen LogP contribution in [-0.2, 0) is 21.2 Å². The maximum absolute atomic E-state index is 12.4. The van der Waals surface area contributed by atoms with Crippen molar-refractivity contribution in [2.45, 2.75) is 17.4 Å². The molecule has 0 radical (unpaired) electrons. The van der Waals surface area contributed by atoms with Crippen molar-refractivity contribution in [3.63, 3.8) is 0 Å². The second-order valence-corrected chi connectivity index (χ2v) is 7.46. The molecular formula is C15H16BrN3O3S. The van der Waals surface area contributed by atoms with E-state index >= 15 is 0 Å². The fourth-order valence-electron chi connectivity index (χ4n) is 2.01. The smallest absolute Gasteiger partial charge is 0.252 e. The highest BCUT2D eigenvalue weighted by Gasteiger charge is 2.25. The van der Waals surface area contributed by atoms with Gasteiger partial charge in [0, 0.05) is 4.47 Å². The van der Waals surface area contributed by atoms with E-state index in [1.807, 2.05) is 35.8 Å². The zero-order chi connectivity index (χ0) is 16.9. The number of rotatable bonds is 6. The average molecular weight is 398 g/mol. The molecule has 8 heteroatoms. The Bertz CT molecular complexity index is 764. The summed E-state index contributed by atoms with van der Waals surface area (Å²) in [4.78, 5) is 12.0. The second-order valence-electron chi connectivity index (χ2n) is 4.83. The van der Waals surface area contributed by atoms with E-state index in [4.69, 9.17) is 5.84 Å². The Morgan fingerprint density at radius 1 is 1.09 bits per heavy atom. The van der Waals surface area contributed by atoms with Crippen molar-refractivity contribution in [3.8, 4) is 0 Å². The summed E-state index contributed by atoms with van der Waals surface area (Å²) in [5.41, 5.74) is 2.81. The molecule has 0 aliphatic heterocycles. The lowest BCUT2D eigenvalue weighted by molar-refractivity contribution is -0.122. The van der Waals surface area contributed by atoms with Crippen molar-refractivity contribution >= 4 is 31.9 Å². The summed E-state index contributed by atoms with van der Waals surface area (Å²) in [5.74, 6) is 4.56. The molecule has 0 unspecified atom stereocenters. The summed E-state index contributed by atoms with van der Waals surface area (Å²) >= 11 is 3.25. The van der Waals surface area contributed by atoms with Gasteiger partial charge in [-0.3, -0.25) is 10.2 Å². The maximum atomic E-state index is 12.4. The van der Waals surface area contributed by atoms with Gasteiger partial charge in [0.2, 0.25) is 10.0 Å². The van der Waals surface area contributed by atoms with E-state index in [9.17, 15) is 13.2 Å². The first kappa shape index (κ1) is 17.6. The molecule has 2 rings (SSSR count). The summed E-state index contributed by atoms with van der Waals surface area (Å²) in [7, 11) is -3.84. The lowest BCUT2D eigenvalue weighted by Gasteiger charge is -2.17. The number of hydrogen-bond acceptors (Lipinski definition) is 4. The van der Waals surface area contributed by atoms with Crippen LogP contribution in [-0.4, -0.2) is 20.4 Å². The number of hydrogen-bond donors (Lipinski definition) is 3. The van der Waals surface area contributed by atoms with E-state index < -0.39 is 22.0 Å². The van der Waals surface area contributed by atoms with E-state index in [0.717, 1.165) is 10.0 Å². The van der Waals surface area contributed by atoms with Crippen LogP contribution in [0.25, 0.3) is 0 Å². The first-order valence-corrected chi connectivity index (χ1v) is 9.02. The Labute approximate surface area is 143 Å². The number of nitrogens with one attached hydrogen (secondary N) is 2. The summed E-state index contributed by atoms with van der Waals surface area (Å²) in [5, 5.41) is 0. The predicted octanol–water partition coefficient (Wildman–Crippen LogP) is 1.33. The number of nitrogens with two attached hydrogens (primary N) is 1. The molecule has 0 spiro atoms. The highest BCUT2D eigenvalue weighted by molar-refractivity contribution is 9.10. The minimum Gasteiger partial charge on any atom is -0.293 e. The van der Waals surface area contributed by atoms with Gasteiger partial charge in [0.25, 0.3) is 5.91 Å². The lowest BCUT2D eigenvalue weighted by atomic mass is 10.1. The van der Waals surface area contributed by atoms with Gasteiger partial charge in [-0.15, -0.1) is 0 Å². The fourth-order valence-corrected chi connectivity index (χ4v) is 3.47. The van der Waals surface area contributed by atoms with Gasteiger partial charge < -0.3 is 0 Å². The van der Waals surface area contributed by atoms with Crippen LogP contribution in [0.3, 0.4) is 0 Å². The Morgan fingerprint density at radius 3 is 2.26 bits per heavy atom. The molecule has 2 aromatic rings. The number of carbonyl (C=O) groups excluding carboxylic acids is 1. The van der Waals surface area contributed by atoms with E-state index in [2.05, 4.69) is 20.7 Å². The largest absolute Gasteiger partial charge is 0.293 e. The van der Waals surface area contributed by atoms with Gasteiger partial charge in [-0.2, -0.15) is 4.72 Å². The number of carbonyl (C=O) groups is 1. The molecule has 2 aromatic carbocycles. The van der Waals surface area contributed by atoms with Crippen molar-refractivity contribution < 1.29 is 13.2 Å². The van der Waals surface area contributed by atoms with Crippen LogP contribution in [0, 0.1) is 0 Å². The van der Waals surface area contributed by atoms with Gasteiger partial charge in [0.05, 0.1) is 4.90 Å². The standard InChI is InChI=1S/C15H16BrN3O3S/c16-12-6-8-13(9-7-12)23(21,22)19-14(15(20)18-17)10-11-4-2-1-3-5-11/h1-9,14,19H,10,17H2,(H,18,20)/t14-/m1/s1. The van der Waals surface area contributed by atoms with Gasteiger partial charge in [0.15, 0.2) is 0 Å². The van der Waals surface area contributed by atoms with Crippen molar-refractivity contribution in [1.29, 1.82) is 0 Å². The molecule has 0 aromatic heterocycles. The van der Waals surface area contributed by atoms with Gasteiger partial charge in [-0.05, 0) is 36.2 Å². The summed E-state index contributed by atoms with van der Waals surface area (Å²) < 4.78 is 28.0. The van der Waals surface area contributed by atoms with Gasteiger partial charge in [-0.25, -0.2) is 14.3 Å². The van der Waals surface area contributed by atoms with E-state index in [-0.39, 0.29) is 11.3 Å². The second kappa shape index (κ2) is 7.69. The van der Waals surface area contributed by atoms with Crippen LogP contribution in [0.2, 0.25) is 0 Å². The van der Waals surface area contributed by atoms with Crippen LogP contribution < -0.4 is 16.0 Å². The van der Waals surface area contributed by atoms with Crippen LogP contribution in [0.15, 0.2) is 64.0 Å². The molecule has 122 valence electrons. The third-order valence-corrected chi connectivity index (χ3v) is 5.18. The Hall–Kier alpha value is -1.74. The molecule has 1 atom stereocenters. The van der Waals surface area contributed by atoms with Crippen molar-refractivity contribution in [1.82, 2.24) is 10.1 Å². The molecule has 0 aliphatic rings. The SMILES string of the molecule is NNC(=O)[C@@H](Cc1ccccc1)NS(=O)(=O)c1ccc(Br)cc1. The Kier molecular flexibility index (Phi) is 5.89. The molecule has 0 saturated carbocycles. The monoisotopic (exact) mass is 397 g/mol. The number of amides is 1. The molecular weight excluding hydrogens is 382 g/mol. The zero-order valence-corrected chi connectivity index (χ0v) is 14.5. The quantitative estimate of drug-likeness (QED) is 0.388. The molecule has 0 bridgehead atoms. The van der Waals surface area contributed by atoms with E-state index in [1.54, 1.807) is 12.1 Å². The minimum atomic E-state index is -3.84. The van der Waals surface area contributed by atoms with Gasteiger partial charge in [0.1, 0.15) is 6.04 Å². The highest BCUT2D eigenvalue weighted by Crippen LogP contribution is 2.15. The number of hydrazine groups is 1. The van der Waals surface area contributed by atoms with Crippen molar-refractivity contribution in [2.24, 2.45) is 5.84 Å². The Balaban J connectivity index is 2.23. The van der Waals surface area contributed by atoms with Crippen LogP contribution in [0.4, 0.5) is 0 Å². The maximum Gasteiger partial charge on any atom is 0.252 e. The molecule has 6 nitrogen and oxygen atoms in total. The molecule has 0 fully saturated rings. The van der Waals surface area contributed by atoms with Gasteiger partial charge in [-0.1, -0.05) is 46.3 Å². The lowest BCUT2D eigenvalue weighted by Crippen LogP contribution is -2.49. The molecule has 0 heterocycles. The predicted molar refractivity (Wildman–Crippen MR) is 90.7 cm³/mol. The summed E-state index contributed by atoms with van der Waals surface area (Å²) in [6, 6.07) is 14.2. The highest BCUT2D eigenvalue weighted by atomic mass is 79.9. The van der Waals surface area contributed by atoms with Crippen molar-refractivity contribution in [3.05, 3.63) is 64.6 Å². The zero-order valence-electron chi connectivity index (χ0n) is 12.1. The average Bonchev–Trinajstić information content (AvgIpc) is 2.54. The third kappa shape index (κ3) is 4.87.